The maximum absolute atomic E-state index is 12.9. The van der Waals surface area contributed by atoms with Crippen molar-refractivity contribution in [2.45, 2.75) is 49.6 Å². The van der Waals surface area contributed by atoms with Crippen LogP contribution in [0.3, 0.4) is 0 Å². The highest BCUT2D eigenvalue weighted by molar-refractivity contribution is 9.10. The molecule has 6 aromatic heterocycles. The van der Waals surface area contributed by atoms with Gasteiger partial charge in [-0.2, -0.15) is 10.2 Å². The summed E-state index contributed by atoms with van der Waals surface area (Å²) in [6, 6.07) is 26.4. The summed E-state index contributed by atoms with van der Waals surface area (Å²) in [5.41, 5.74) is 4.06. The van der Waals surface area contributed by atoms with Gasteiger partial charge in [0.1, 0.15) is 5.69 Å². The van der Waals surface area contributed by atoms with Crippen molar-refractivity contribution >= 4 is 58.0 Å². The van der Waals surface area contributed by atoms with Crippen LogP contribution in [0, 0.1) is 0 Å². The Hall–Kier alpha value is -5.38. The summed E-state index contributed by atoms with van der Waals surface area (Å²) in [6.45, 7) is 8.23. The first-order valence-corrected chi connectivity index (χ1v) is 20.4. The molecule has 0 fully saturated rings. The molecule has 0 unspecified atom stereocenters. The average molecular weight is 812 g/mol. The fraction of sp³-hybridized carbons (Fsp3) is 0.158. The van der Waals surface area contributed by atoms with E-state index >= 15 is 0 Å². The van der Waals surface area contributed by atoms with Gasteiger partial charge in [0.2, 0.25) is 0 Å². The van der Waals surface area contributed by atoms with Crippen LogP contribution in [0.4, 0.5) is 0 Å². The third kappa shape index (κ3) is 6.94. The van der Waals surface area contributed by atoms with Gasteiger partial charge < -0.3 is 0 Å². The predicted molar refractivity (Wildman–Crippen MR) is 208 cm³/mol. The highest BCUT2D eigenvalue weighted by Gasteiger charge is 2.22. The van der Waals surface area contributed by atoms with Crippen molar-refractivity contribution in [1.82, 2.24) is 37.5 Å². The molecule has 0 aliphatic rings. The van der Waals surface area contributed by atoms with E-state index in [9.17, 15) is 16.8 Å². The number of aromatic nitrogens is 8. The number of hydrogen-bond acceptors (Lipinski definition) is 8. The minimum atomic E-state index is -3.69. The standard InChI is InChI=1S/C19H17BrN4O2S.C19H18N4O2S/c1-13(2)23-12-17(20)18(22-23)15-10-14-8-9-24(19(14)21-11-15)27(25,26)16-6-4-3-5-7-16;1-14(2)22-10-9-18(21-22)16-12-15-8-11-23(19(15)20-13-16)26(24,25)17-6-4-3-5-7-17/h3-13H,1-2H3;3-14H,1-2H3. The largest absolute Gasteiger partial charge is 0.270 e. The summed E-state index contributed by atoms with van der Waals surface area (Å²) in [7, 11) is -7.36. The van der Waals surface area contributed by atoms with Gasteiger partial charge in [0.25, 0.3) is 20.0 Å². The molecular weight excluding hydrogens is 777 g/mol. The zero-order valence-electron chi connectivity index (χ0n) is 29.2. The van der Waals surface area contributed by atoms with E-state index < -0.39 is 20.0 Å². The smallest absolute Gasteiger partial charge is 0.269 e. The van der Waals surface area contributed by atoms with Crippen molar-refractivity contribution in [1.29, 1.82) is 0 Å². The molecule has 53 heavy (non-hydrogen) atoms. The second kappa shape index (κ2) is 14.2. The molecule has 0 saturated heterocycles. The van der Waals surface area contributed by atoms with Gasteiger partial charge in [-0.1, -0.05) is 36.4 Å². The Morgan fingerprint density at radius 1 is 0.585 bits per heavy atom. The predicted octanol–water partition coefficient (Wildman–Crippen LogP) is 8.20. The zero-order chi connectivity index (χ0) is 37.5. The third-order valence-corrected chi connectivity index (χ3v) is 12.5. The second-order valence-corrected chi connectivity index (χ2v) is 17.3. The van der Waals surface area contributed by atoms with Crippen LogP contribution in [0.25, 0.3) is 44.6 Å². The number of halogens is 1. The summed E-state index contributed by atoms with van der Waals surface area (Å²) >= 11 is 3.54. The Morgan fingerprint density at radius 2 is 1.08 bits per heavy atom. The maximum atomic E-state index is 12.9. The van der Waals surface area contributed by atoms with E-state index in [0.29, 0.717) is 11.3 Å². The van der Waals surface area contributed by atoms with Crippen LogP contribution in [-0.2, 0) is 20.0 Å². The third-order valence-electron chi connectivity index (χ3n) is 8.51. The van der Waals surface area contributed by atoms with Crippen LogP contribution in [0.15, 0.2) is 142 Å². The first-order chi connectivity index (χ1) is 25.3. The molecule has 15 heteroatoms. The topological polar surface area (TPSA) is 140 Å². The normalized spacial score (nSPS) is 12.1. The summed E-state index contributed by atoms with van der Waals surface area (Å²) in [4.78, 5) is 9.28. The first kappa shape index (κ1) is 36.0. The highest BCUT2D eigenvalue weighted by atomic mass is 79.9. The lowest BCUT2D eigenvalue weighted by molar-refractivity contribution is 0.534. The van der Waals surface area contributed by atoms with Gasteiger partial charge in [-0.15, -0.1) is 0 Å². The van der Waals surface area contributed by atoms with Crippen molar-refractivity contribution in [2.75, 3.05) is 0 Å². The molecular formula is C38H35BrN8O4S2. The van der Waals surface area contributed by atoms with E-state index in [1.54, 1.807) is 85.2 Å². The molecule has 6 heterocycles. The molecule has 0 radical (unpaired) electrons. The van der Waals surface area contributed by atoms with E-state index in [0.717, 1.165) is 37.8 Å². The Morgan fingerprint density at radius 3 is 1.55 bits per heavy atom. The molecule has 0 aliphatic carbocycles. The van der Waals surface area contributed by atoms with E-state index in [4.69, 9.17) is 0 Å². The van der Waals surface area contributed by atoms with Crippen molar-refractivity contribution in [3.63, 3.8) is 0 Å². The van der Waals surface area contributed by atoms with Crippen LogP contribution >= 0.6 is 15.9 Å². The van der Waals surface area contributed by atoms with Gasteiger partial charge in [0, 0.05) is 71.2 Å². The second-order valence-electron chi connectivity index (χ2n) is 12.8. The maximum Gasteiger partial charge on any atom is 0.269 e. The first-order valence-electron chi connectivity index (χ1n) is 16.7. The van der Waals surface area contributed by atoms with Crippen LogP contribution in [0.1, 0.15) is 39.8 Å². The minimum Gasteiger partial charge on any atom is -0.270 e. The number of nitrogens with zero attached hydrogens (tertiary/aromatic N) is 8. The van der Waals surface area contributed by atoms with Crippen LogP contribution < -0.4 is 0 Å². The van der Waals surface area contributed by atoms with E-state index in [1.165, 1.54) is 20.3 Å². The van der Waals surface area contributed by atoms with Crippen molar-refractivity contribution in [2.24, 2.45) is 0 Å². The Bertz CT molecular complexity index is 2790. The van der Waals surface area contributed by atoms with Gasteiger partial charge >= 0.3 is 0 Å². The SMILES string of the molecule is CC(C)n1cc(Br)c(-c2cnc3c(ccn3S(=O)(=O)c3ccccc3)c2)n1.CC(C)n1ccc(-c2cnc3c(ccn3S(=O)(=O)c3ccccc3)c2)n1. The summed E-state index contributed by atoms with van der Waals surface area (Å²) in [6.07, 6.45) is 10.2. The Balaban J connectivity index is 0.000000164. The molecule has 0 amide bonds. The molecule has 8 rings (SSSR count). The monoisotopic (exact) mass is 810 g/mol. The van der Waals surface area contributed by atoms with Crippen LogP contribution in [0.5, 0.6) is 0 Å². The molecule has 0 atom stereocenters. The van der Waals surface area contributed by atoms with Crippen LogP contribution in [0.2, 0.25) is 0 Å². The van der Waals surface area contributed by atoms with Gasteiger partial charge in [-0.05, 0) is 98.2 Å². The lowest BCUT2D eigenvalue weighted by Crippen LogP contribution is -2.12. The summed E-state index contributed by atoms with van der Waals surface area (Å²) < 4.78 is 58.5. The molecule has 0 spiro atoms. The number of benzene rings is 2. The molecule has 0 aliphatic heterocycles. The van der Waals surface area contributed by atoms with Gasteiger partial charge in [-0.25, -0.2) is 34.7 Å². The van der Waals surface area contributed by atoms with E-state index in [1.807, 2.05) is 40.0 Å². The van der Waals surface area contributed by atoms with Gasteiger partial charge in [0.15, 0.2) is 11.3 Å². The van der Waals surface area contributed by atoms with E-state index in [2.05, 4.69) is 63.8 Å². The van der Waals surface area contributed by atoms with Crippen molar-refractivity contribution in [3.05, 3.63) is 133 Å². The molecule has 12 nitrogen and oxygen atoms in total. The lowest BCUT2D eigenvalue weighted by atomic mass is 10.2. The van der Waals surface area contributed by atoms with Crippen molar-refractivity contribution < 1.29 is 16.8 Å². The number of rotatable bonds is 8. The van der Waals surface area contributed by atoms with Gasteiger partial charge in [-0.3, -0.25) is 9.36 Å². The summed E-state index contributed by atoms with van der Waals surface area (Å²) in [5.74, 6) is 0. The molecule has 270 valence electrons. The molecule has 0 bridgehead atoms. The lowest BCUT2D eigenvalue weighted by Gasteiger charge is -2.07. The van der Waals surface area contributed by atoms with Crippen LogP contribution in [-0.4, -0.2) is 54.3 Å². The minimum absolute atomic E-state index is 0.229. The number of hydrogen-bond donors (Lipinski definition) is 0. The van der Waals surface area contributed by atoms with Gasteiger partial charge in [0.05, 0.1) is 20.0 Å². The van der Waals surface area contributed by atoms with Crippen molar-refractivity contribution in [3.8, 4) is 22.5 Å². The molecule has 0 saturated carbocycles. The Labute approximate surface area is 315 Å². The number of fused-ring (bicyclic) bond motifs is 2. The molecule has 0 N–H and O–H groups in total. The fourth-order valence-electron chi connectivity index (χ4n) is 5.68. The highest BCUT2D eigenvalue weighted by Crippen LogP contribution is 2.31. The van der Waals surface area contributed by atoms with E-state index in [-0.39, 0.29) is 21.9 Å². The fourth-order valence-corrected chi connectivity index (χ4v) is 8.86. The molecule has 2 aromatic carbocycles. The zero-order valence-corrected chi connectivity index (χ0v) is 32.4. The summed E-state index contributed by atoms with van der Waals surface area (Å²) in [5, 5.41) is 10.6. The Kier molecular flexibility index (Phi) is 9.65. The quantitative estimate of drug-likeness (QED) is 0.150. The molecule has 8 aromatic rings. The average Bonchev–Trinajstić information content (AvgIpc) is 3.98. The number of pyridine rings is 2.